The van der Waals surface area contributed by atoms with Gasteiger partial charge >= 0.3 is 0 Å². The fourth-order valence-corrected chi connectivity index (χ4v) is 3.00. The Morgan fingerprint density at radius 1 is 1.31 bits per heavy atom. The van der Waals surface area contributed by atoms with Crippen molar-refractivity contribution in [3.8, 4) is 0 Å². The molecule has 72 valence electrons. The van der Waals surface area contributed by atoms with E-state index in [9.17, 15) is 0 Å². The molecule has 0 amide bonds. The zero-order chi connectivity index (χ0) is 9.31. The third kappa shape index (κ3) is 1.78. The number of hydrogen-bond donors (Lipinski definition) is 0. The summed E-state index contributed by atoms with van der Waals surface area (Å²) in [6.45, 7) is 4.47. The van der Waals surface area contributed by atoms with Gasteiger partial charge in [-0.3, -0.25) is 0 Å². The van der Waals surface area contributed by atoms with E-state index in [1.165, 1.54) is 42.8 Å². The molecule has 0 saturated heterocycles. The number of rotatable bonds is 1. The van der Waals surface area contributed by atoms with Crippen LogP contribution in [-0.2, 0) is 5.41 Å². The van der Waals surface area contributed by atoms with Crippen molar-refractivity contribution in [1.29, 1.82) is 0 Å². The van der Waals surface area contributed by atoms with Crippen LogP contribution in [0.15, 0.2) is 5.38 Å². The molecule has 0 radical (unpaired) electrons. The lowest BCUT2D eigenvalue weighted by molar-refractivity contribution is 0.313. The van der Waals surface area contributed by atoms with Crippen LogP contribution in [0.25, 0.3) is 0 Å². The van der Waals surface area contributed by atoms with Crippen molar-refractivity contribution in [3.05, 3.63) is 16.1 Å². The Morgan fingerprint density at radius 2 is 2.00 bits per heavy atom. The predicted octanol–water partition coefficient (Wildman–Crippen LogP) is 3.67. The highest BCUT2D eigenvalue weighted by atomic mass is 32.1. The SMILES string of the molecule is Cc1nc(C2(C)CCCCC2)cs1. The molecular formula is C11H17NS. The lowest BCUT2D eigenvalue weighted by Gasteiger charge is -2.31. The summed E-state index contributed by atoms with van der Waals surface area (Å²) < 4.78 is 0. The highest BCUT2D eigenvalue weighted by Gasteiger charge is 2.30. The zero-order valence-corrected chi connectivity index (χ0v) is 9.28. The maximum absolute atomic E-state index is 4.62. The molecule has 0 bridgehead atoms. The maximum Gasteiger partial charge on any atom is 0.0897 e. The Labute approximate surface area is 84.2 Å². The van der Waals surface area contributed by atoms with Crippen LogP contribution in [0, 0.1) is 6.92 Å². The minimum Gasteiger partial charge on any atom is -0.246 e. The van der Waals surface area contributed by atoms with Crippen LogP contribution in [0.4, 0.5) is 0 Å². The first-order chi connectivity index (χ1) is 6.21. The average molecular weight is 195 g/mol. The van der Waals surface area contributed by atoms with Crippen molar-refractivity contribution >= 4 is 11.3 Å². The van der Waals surface area contributed by atoms with Gasteiger partial charge in [0.15, 0.2) is 0 Å². The van der Waals surface area contributed by atoms with E-state index in [-0.39, 0.29) is 0 Å². The first-order valence-corrected chi connectivity index (χ1v) is 6.01. The standard InChI is InChI=1S/C11H17NS/c1-9-12-10(8-13-9)11(2)6-4-3-5-7-11/h8H,3-7H2,1-2H3. The largest absolute Gasteiger partial charge is 0.246 e. The summed E-state index contributed by atoms with van der Waals surface area (Å²) in [5.74, 6) is 0. The van der Waals surface area contributed by atoms with Crippen LogP contribution in [0.1, 0.15) is 49.7 Å². The average Bonchev–Trinajstić information content (AvgIpc) is 2.54. The molecule has 1 heterocycles. The van der Waals surface area contributed by atoms with E-state index in [1.807, 2.05) is 0 Å². The molecule has 1 aromatic heterocycles. The fourth-order valence-electron chi connectivity index (χ4n) is 2.23. The first kappa shape index (κ1) is 9.20. The Hall–Kier alpha value is -0.370. The summed E-state index contributed by atoms with van der Waals surface area (Å²) in [6.07, 6.45) is 6.84. The molecule has 1 fully saturated rings. The second-order valence-electron chi connectivity index (χ2n) is 4.37. The zero-order valence-electron chi connectivity index (χ0n) is 8.47. The van der Waals surface area contributed by atoms with E-state index in [1.54, 1.807) is 11.3 Å². The van der Waals surface area contributed by atoms with Crippen molar-refractivity contribution in [2.45, 2.75) is 51.4 Å². The van der Waals surface area contributed by atoms with Gasteiger partial charge in [0, 0.05) is 10.8 Å². The summed E-state index contributed by atoms with van der Waals surface area (Å²) >= 11 is 1.79. The quantitative estimate of drug-likeness (QED) is 0.666. The van der Waals surface area contributed by atoms with E-state index in [2.05, 4.69) is 24.2 Å². The molecule has 1 nitrogen and oxygen atoms in total. The maximum atomic E-state index is 4.62. The molecule has 0 N–H and O–H groups in total. The monoisotopic (exact) mass is 195 g/mol. The highest BCUT2D eigenvalue weighted by Crippen LogP contribution is 2.38. The smallest absolute Gasteiger partial charge is 0.0897 e. The van der Waals surface area contributed by atoms with Crippen molar-refractivity contribution in [2.24, 2.45) is 0 Å². The minimum absolute atomic E-state index is 0.392. The summed E-state index contributed by atoms with van der Waals surface area (Å²) in [4.78, 5) is 4.62. The lowest BCUT2D eigenvalue weighted by atomic mass is 9.74. The first-order valence-electron chi connectivity index (χ1n) is 5.13. The number of hydrogen-bond acceptors (Lipinski definition) is 2. The second-order valence-corrected chi connectivity index (χ2v) is 5.44. The molecule has 2 heteroatoms. The van der Waals surface area contributed by atoms with Gasteiger partial charge in [0.2, 0.25) is 0 Å². The highest BCUT2D eigenvalue weighted by molar-refractivity contribution is 7.09. The van der Waals surface area contributed by atoms with Crippen LogP contribution in [0.5, 0.6) is 0 Å². The van der Waals surface area contributed by atoms with Gasteiger partial charge in [0.05, 0.1) is 10.7 Å². The van der Waals surface area contributed by atoms with Gasteiger partial charge in [-0.25, -0.2) is 4.98 Å². The molecule has 0 aliphatic heterocycles. The lowest BCUT2D eigenvalue weighted by Crippen LogP contribution is -2.25. The Bertz CT molecular complexity index is 284. The number of thiazole rings is 1. The van der Waals surface area contributed by atoms with Crippen molar-refractivity contribution in [2.75, 3.05) is 0 Å². The van der Waals surface area contributed by atoms with Crippen LogP contribution in [0.2, 0.25) is 0 Å². The molecule has 1 aliphatic rings. The van der Waals surface area contributed by atoms with E-state index in [4.69, 9.17) is 0 Å². The van der Waals surface area contributed by atoms with Crippen molar-refractivity contribution in [3.63, 3.8) is 0 Å². The third-order valence-corrected chi connectivity index (χ3v) is 3.97. The second kappa shape index (κ2) is 3.41. The van der Waals surface area contributed by atoms with Gasteiger partial charge in [-0.15, -0.1) is 11.3 Å². The van der Waals surface area contributed by atoms with E-state index < -0.39 is 0 Å². The van der Waals surface area contributed by atoms with Crippen LogP contribution < -0.4 is 0 Å². The van der Waals surface area contributed by atoms with Crippen molar-refractivity contribution in [1.82, 2.24) is 4.98 Å². The van der Waals surface area contributed by atoms with Gasteiger partial charge in [-0.05, 0) is 19.8 Å². The molecule has 0 atom stereocenters. The topological polar surface area (TPSA) is 12.9 Å². The predicted molar refractivity (Wildman–Crippen MR) is 57.3 cm³/mol. The molecule has 1 aliphatic carbocycles. The molecule has 0 aromatic carbocycles. The molecular weight excluding hydrogens is 178 g/mol. The molecule has 2 rings (SSSR count). The number of aromatic nitrogens is 1. The van der Waals surface area contributed by atoms with Gasteiger partial charge in [0.25, 0.3) is 0 Å². The summed E-state index contributed by atoms with van der Waals surface area (Å²) in [6, 6.07) is 0. The van der Waals surface area contributed by atoms with Gasteiger partial charge < -0.3 is 0 Å². The third-order valence-electron chi connectivity index (χ3n) is 3.19. The Kier molecular flexibility index (Phi) is 2.41. The Balaban J connectivity index is 2.22. The molecule has 1 saturated carbocycles. The van der Waals surface area contributed by atoms with Crippen LogP contribution >= 0.6 is 11.3 Å². The Morgan fingerprint density at radius 3 is 2.54 bits per heavy atom. The molecule has 1 aromatic rings. The van der Waals surface area contributed by atoms with Crippen molar-refractivity contribution < 1.29 is 0 Å². The van der Waals surface area contributed by atoms with Crippen LogP contribution in [-0.4, -0.2) is 4.98 Å². The van der Waals surface area contributed by atoms with Gasteiger partial charge in [-0.2, -0.15) is 0 Å². The molecule has 13 heavy (non-hydrogen) atoms. The fraction of sp³-hybridized carbons (Fsp3) is 0.727. The van der Waals surface area contributed by atoms with E-state index in [0.29, 0.717) is 5.41 Å². The number of nitrogens with zero attached hydrogens (tertiary/aromatic N) is 1. The summed E-state index contributed by atoms with van der Waals surface area (Å²) in [5.41, 5.74) is 1.73. The van der Waals surface area contributed by atoms with Crippen LogP contribution in [0.3, 0.4) is 0 Å². The summed E-state index contributed by atoms with van der Waals surface area (Å²) in [5, 5.41) is 3.46. The normalized spacial score (nSPS) is 21.7. The molecule has 0 unspecified atom stereocenters. The van der Waals surface area contributed by atoms with Gasteiger partial charge in [-0.1, -0.05) is 26.2 Å². The van der Waals surface area contributed by atoms with E-state index in [0.717, 1.165) is 0 Å². The van der Waals surface area contributed by atoms with Gasteiger partial charge in [0.1, 0.15) is 0 Å². The summed E-state index contributed by atoms with van der Waals surface area (Å²) in [7, 11) is 0. The minimum atomic E-state index is 0.392. The van der Waals surface area contributed by atoms with E-state index >= 15 is 0 Å². The molecule has 0 spiro atoms. The number of aryl methyl sites for hydroxylation is 1.